The molecule has 1 aliphatic rings. The Morgan fingerprint density at radius 3 is 2.50 bits per heavy atom. The fraction of sp³-hybridized carbons (Fsp3) is 1.00. The predicted octanol–water partition coefficient (Wildman–Crippen LogP) is 2.05. The molecule has 1 saturated heterocycles. The Kier molecular flexibility index (Phi) is 7.51. The van der Waals surface area contributed by atoms with E-state index in [-0.39, 0.29) is 0 Å². The van der Waals surface area contributed by atoms with Gasteiger partial charge < -0.3 is 10.1 Å². The lowest BCUT2D eigenvalue weighted by atomic mass is 10.0. The molecule has 0 saturated carbocycles. The van der Waals surface area contributed by atoms with Crippen molar-refractivity contribution in [2.45, 2.75) is 40.2 Å². The van der Waals surface area contributed by atoms with E-state index in [9.17, 15) is 0 Å². The highest BCUT2D eigenvalue weighted by atomic mass is 16.5. The van der Waals surface area contributed by atoms with Crippen LogP contribution in [0.15, 0.2) is 0 Å². The zero-order valence-electron chi connectivity index (χ0n) is 8.89. The molecule has 0 aromatic rings. The van der Waals surface area contributed by atoms with Gasteiger partial charge in [0.15, 0.2) is 0 Å². The number of ether oxygens (including phenoxy) is 1. The van der Waals surface area contributed by atoms with Crippen LogP contribution in [0.3, 0.4) is 0 Å². The van der Waals surface area contributed by atoms with E-state index in [1.54, 1.807) is 0 Å². The third-order valence-corrected chi connectivity index (χ3v) is 1.75. The Hall–Kier alpha value is -0.0800. The van der Waals surface area contributed by atoms with Crippen molar-refractivity contribution in [1.82, 2.24) is 5.32 Å². The van der Waals surface area contributed by atoms with Gasteiger partial charge in [0.05, 0.1) is 13.2 Å². The first-order valence-corrected chi connectivity index (χ1v) is 5.10. The van der Waals surface area contributed by atoms with Crippen LogP contribution in [-0.2, 0) is 4.74 Å². The number of hydrogen-bond donors (Lipinski definition) is 1. The monoisotopic (exact) mass is 173 g/mol. The van der Waals surface area contributed by atoms with Gasteiger partial charge in [-0.1, -0.05) is 27.7 Å². The molecule has 1 fully saturated rings. The Labute approximate surface area is 76.7 Å². The number of morpholine rings is 1. The van der Waals surface area contributed by atoms with Crippen LogP contribution in [0.5, 0.6) is 0 Å². The zero-order chi connectivity index (χ0) is 9.40. The van der Waals surface area contributed by atoms with E-state index in [4.69, 9.17) is 4.74 Å². The van der Waals surface area contributed by atoms with Crippen molar-refractivity contribution < 1.29 is 4.74 Å². The molecule has 12 heavy (non-hydrogen) atoms. The molecule has 0 bridgehead atoms. The van der Waals surface area contributed by atoms with E-state index >= 15 is 0 Å². The first-order valence-electron chi connectivity index (χ1n) is 5.10. The van der Waals surface area contributed by atoms with Crippen LogP contribution in [0.1, 0.15) is 34.1 Å². The van der Waals surface area contributed by atoms with Gasteiger partial charge in [0.2, 0.25) is 0 Å². The molecule has 74 valence electrons. The summed E-state index contributed by atoms with van der Waals surface area (Å²) in [5.41, 5.74) is 0. The van der Waals surface area contributed by atoms with Crippen molar-refractivity contribution in [2.24, 2.45) is 5.92 Å². The minimum atomic E-state index is 0.605. The van der Waals surface area contributed by atoms with Gasteiger partial charge in [-0.25, -0.2) is 0 Å². The molecule has 0 radical (unpaired) electrons. The summed E-state index contributed by atoms with van der Waals surface area (Å²) >= 11 is 0. The summed E-state index contributed by atoms with van der Waals surface area (Å²) in [4.78, 5) is 0. The van der Waals surface area contributed by atoms with E-state index in [0.717, 1.165) is 25.7 Å². The lowest BCUT2D eigenvalue weighted by Crippen LogP contribution is -2.41. The maximum absolute atomic E-state index is 5.32. The maximum atomic E-state index is 5.32. The van der Waals surface area contributed by atoms with Gasteiger partial charge >= 0.3 is 0 Å². The molecule has 1 rings (SSSR count). The van der Waals surface area contributed by atoms with Crippen LogP contribution in [0.4, 0.5) is 0 Å². The highest BCUT2D eigenvalue weighted by Gasteiger charge is 2.13. The Morgan fingerprint density at radius 2 is 2.08 bits per heavy atom. The first-order chi connectivity index (χ1) is 5.79. The van der Waals surface area contributed by atoms with Gasteiger partial charge in [-0.3, -0.25) is 0 Å². The molecule has 0 amide bonds. The molecular formula is C10H23NO. The van der Waals surface area contributed by atoms with Gasteiger partial charge in [0, 0.05) is 12.6 Å². The van der Waals surface area contributed by atoms with Crippen molar-refractivity contribution in [1.29, 1.82) is 0 Å². The van der Waals surface area contributed by atoms with E-state index in [0.29, 0.717) is 6.04 Å². The van der Waals surface area contributed by atoms with Crippen molar-refractivity contribution in [3.8, 4) is 0 Å². The third kappa shape index (κ3) is 5.56. The van der Waals surface area contributed by atoms with Crippen molar-refractivity contribution >= 4 is 0 Å². The zero-order valence-corrected chi connectivity index (χ0v) is 8.89. The molecule has 1 aliphatic heterocycles. The van der Waals surface area contributed by atoms with E-state index in [2.05, 4.69) is 19.2 Å². The van der Waals surface area contributed by atoms with Crippen LogP contribution in [0, 0.1) is 5.92 Å². The molecule has 0 aliphatic carbocycles. The largest absolute Gasteiger partial charge is 0.379 e. The SMILES string of the molecule is CC.CC(C)CC1COCCN1. The van der Waals surface area contributed by atoms with Gasteiger partial charge in [0.25, 0.3) is 0 Å². The van der Waals surface area contributed by atoms with Gasteiger partial charge in [-0.2, -0.15) is 0 Å². The van der Waals surface area contributed by atoms with Gasteiger partial charge in [-0.05, 0) is 12.3 Å². The predicted molar refractivity (Wildman–Crippen MR) is 53.4 cm³/mol. The second kappa shape index (κ2) is 7.56. The van der Waals surface area contributed by atoms with E-state index in [1.807, 2.05) is 13.8 Å². The van der Waals surface area contributed by atoms with E-state index in [1.165, 1.54) is 6.42 Å². The Bertz CT molecular complexity index is 87.8. The van der Waals surface area contributed by atoms with Crippen LogP contribution in [0.2, 0.25) is 0 Å². The highest BCUT2D eigenvalue weighted by molar-refractivity contribution is 4.70. The van der Waals surface area contributed by atoms with Crippen LogP contribution in [0.25, 0.3) is 0 Å². The minimum Gasteiger partial charge on any atom is -0.379 e. The lowest BCUT2D eigenvalue weighted by molar-refractivity contribution is 0.0702. The van der Waals surface area contributed by atoms with Crippen LogP contribution >= 0.6 is 0 Å². The number of rotatable bonds is 2. The summed E-state index contributed by atoms with van der Waals surface area (Å²) in [5.74, 6) is 0.777. The number of hydrogen-bond acceptors (Lipinski definition) is 2. The van der Waals surface area contributed by atoms with Crippen LogP contribution < -0.4 is 5.32 Å². The lowest BCUT2D eigenvalue weighted by Gasteiger charge is -2.24. The molecule has 0 aromatic heterocycles. The topological polar surface area (TPSA) is 21.3 Å². The molecule has 1 unspecified atom stereocenters. The maximum Gasteiger partial charge on any atom is 0.0620 e. The summed E-state index contributed by atoms with van der Waals surface area (Å²) in [5, 5.41) is 3.43. The molecule has 0 aromatic carbocycles. The van der Waals surface area contributed by atoms with Gasteiger partial charge in [-0.15, -0.1) is 0 Å². The quantitative estimate of drug-likeness (QED) is 0.690. The molecule has 1 atom stereocenters. The van der Waals surface area contributed by atoms with Crippen molar-refractivity contribution in [2.75, 3.05) is 19.8 Å². The third-order valence-electron chi connectivity index (χ3n) is 1.75. The van der Waals surface area contributed by atoms with E-state index < -0.39 is 0 Å². The van der Waals surface area contributed by atoms with Crippen molar-refractivity contribution in [3.63, 3.8) is 0 Å². The second-order valence-electron chi connectivity index (χ2n) is 3.36. The van der Waals surface area contributed by atoms with Gasteiger partial charge in [0.1, 0.15) is 0 Å². The molecule has 1 heterocycles. The average Bonchev–Trinajstić information content (AvgIpc) is 2.08. The summed E-state index contributed by atoms with van der Waals surface area (Å²) in [6.07, 6.45) is 1.24. The fourth-order valence-electron chi connectivity index (χ4n) is 1.34. The molecule has 1 N–H and O–H groups in total. The average molecular weight is 173 g/mol. The Balaban J connectivity index is 0.000000561. The summed E-state index contributed by atoms with van der Waals surface area (Å²) in [7, 11) is 0. The normalized spacial score (nSPS) is 23.2. The van der Waals surface area contributed by atoms with Crippen molar-refractivity contribution in [3.05, 3.63) is 0 Å². The number of nitrogens with one attached hydrogen (secondary N) is 1. The fourth-order valence-corrected chi connectivity index (χ4v) is 1.34. The molecular weight excluding hydrogens is 150 g/mol. The van der Waals surface area contributed by atoms with Crippen LogP contribution in [-0.4, -0.2) is 25.8 Å². The smallest absolute Gasteiger partial charge is 0.0620 e. The second-order valence-corrected chi connectivity index (χ2v) is 3.36. The molecule has 2 nitrogen and oxygen atoms in total. The highest BCUT2D eigenvalue weighted by Crippen LogP contribution is 2.06. The summed E-state index contributed by atoms with van der Waals surface area (Å²) in [6.45, 7) is 11.3. The summed E-state index contributed by atoms with van der Waals surface area (Å²) in [6, 6.07) is 0.605. The molecule has 2 heteroatoms. The molecule has 0 spiro atoms. The summed E-state index contributed by atoms with van der Waals surface area (Å²) < 4.78 is 5.32. The first kappa shape index (κ1) is 11.9. The standard InChI is InChI=1S/C8H17NO.C2H6/c1-7(2)5-8-6-10-4-3-9-8;1-2/h7-9H,3-6H2,1-2H3;1-2H3. The minimum absolute atomic E-state index is 0.605. The Morgan fingerprint density at radius 1 is 1.42 bits per heavy atom.